The fourth-order valence-corrected chi connectivity index (χ4v) is 4.17. The van der Waals surface area contributed by atoms with Crippen molar-refractivity contribution in [2.24, 2.45) is 0 Å². The van der Waals surface area contributed by atoms with Crippen LogP contribution in [0, 0.1) is 15.9 Å². The fourth-order valence-electron chi connectivity index (χ4n) is 3.33. The fraction of sp³-hybridized carbons (Fsp3) is 0.120. The molecule has 8 nitrogen and oxygen atoms in total. The number of hydrogen-bond donors (Lipinski definition) is 0. The number of hydrogen-bond acceptors (Lipinski definition) is 7. The first kappa shape index (κ1) is 24.0. The Morgan fingerprint density at radius 2 is 1.69 bits per heavy atom. The van der Waals surface area contributed by atoms with Crippen molar-refractivity contribution in [1.82, 2.24) is 4.90 Å². The van der Waals surface area contributed by atoms with E-state index in [1.165, 1.54) is 43.5 Å². The summed E-state index contributed by atoms with van der Waals surface area (Å²) in [4.78, 5) is 36.9. The number of halogens is 1. The number of non-ortho nitro benzene ring substituents is 1. The number of rotatable bonds is 8. The second kappa shape index (κ2) is 10.4. The number of ether oxygens (including phenoxy) is 2. The molecule has 35 heavy (non-hydrogen) atoms. The van der Waals surface area contributed by atoms with Crippen LogP contribution in [0.3, 0.4) is 0 Å². The second-order valence-corrected chi connectivity index (χ2v) is 8.51. The molecule has 0 bridgehead atoms. The summed E-state index contributed by atoms with van der Waals surface area (Å²) < 4.78 is 24.2. The Bertz CT molecular complexity index is 1310. The van der Waals surface area contributed by atoms with Crippen molar-refractivity contribution >= 4 is 34.7 Å². The number of carbonyl (C=O) groups excluding carboxylic acids is 2. The van der Waals surface area contributed by atoms with E-state index in [-0.39, 0.29) is 29.6 Å². The van der Waals surface area contributed by atoms with Crippen LogP contribution in [0.15, 0.2) is 71.6 Å². The zero-order valence-corrected chi connectivity index (χ0v) is 19.3. The van der Waals surface area contributed by atoms with E-state index in [0.717, 1.165) is 22.2 Å². The number of amides is 2. The first-order chi connectivity index (χ1) is 16.8. The number of nitrogens with zero attached hydrogens (tertiary/aromatic N) is 2. The van der Waals surface area contributed by atoms with Gasteiger partial charge in [-0.2, -0.15) is 0 Å². The van der Waals surface area contributed by atoms with Gasteiger partial charge in [-0.3, -0.25) is 24.6 Å². The minimum atomic E-state index is -0.514. The summed E-state index contributed by atoms with van der Waals surface area (Å²) in [5, 5.41) is 10.4. The van der Waals surface area contributed by atoms with Crippen LogP contribution in [-0.2, 0) is 17.9 Å². The average Bonchev–Trinajstić information content (AvgIpc) is 3.11. The minimum Gasteiger partial charge on any atom is -0.493 e. The third kappa shape index (κ3) is 5.67. The molecule has 4 rings (SSSR count). The van der Waals surface area contributed by atoms with Crippen LogP contribution in [0.25, 0.3) is 6.08 Å². The molecule has 1 aliphatic heterocycles. The van der Waals surface area contributed by atoms with Crippen LogP contribution in [0.1, 0.15) is 16.7 Å². The molecule has 10 heteroatoms. The molecule has 0 aliphatic carbocycles. The van der Waals surface area contributed by atoms with E-state index in [9.17, 15) is 24.1 Å². The molecule has 0 radical (unpaired) electrons. The lowest BCUT2D eigenvalue weighted by molar-refractivity contribution is -0.384. The SMILES string of the molecule is COc1cc(/C=C2\SC(=O)N(Cc3ccc([N+](=O)[O-])cc3)C2=O)ccc1OCc1ccc(F)cc1. The largest absolute Gasteiger partial charge is 0.493 e. The number of carbonyl (C=O) groups is 2. The van der Waals surface area contributed by atoms with Crippen molar-refractivity contribution in [3.8, 4) is 11.5 Å². The molecular weight excluding hydrogens is 475 g/mol. The predicted molar refractivity (Wildman–Crippen MR) is 128 cm³/mol. The second-order valence-electron chi connectivity index (χ2n) is 7.52. The van der Waals surface area contributed by atoms with Gasteiger partial charge in [0, 0.05) is 12.1 Å². The van der Waals surface area contributed by atoms with E-state index in [2.05, 4.69) is 0 Å². The Hall–Kier alpha value is -4.18. The zero-order chi connectivity index (χ0) is 24.9. The van der Waals surface area contributed by atoms with Crippen LogP contribution in [0.4, 0.5) is 14.9 Å². The molecule has 1 fully saturated rings. The van der Waals surface area contributed by atoms with Crippen molar-refractivity contribution in [1.29, 1.82) is 0 Å². The molecule has 2 amide bonds. The highest BCUT2D eigenvalue weighted by Gasteiger charge is 2.35. The third-order valence-corrected chi connectivity index (χ3v) is 6.06. The quantitative estimate of drug-likeness (QED) is 0.230. The summed E-state index contributed by atoms with van der Waals surface area (Å²) >= 11 is 0.818. The van der Waals surface area contributed by atoms with Gasteiger partial charge in [0.05, 0.1) is 23.5 Å². The molecule has 1 heterocycles. The maximum Gasteiger partial charge on any atom is 0.293 e. The smallest absolute Gasteiger partial charge is 0.293 e. The van der Waals surface area contributed by atoms with Crippen molar-refractivity contribution in [2.75, 3.05) is 7.11 Å². The van der Waals surface area contributed by atoms with Crippen LogP contribution in [-0.4, -0.2) is 28.1 Å². The van der Waals surface area contributed by atoms with Gasteiger partial charge in [0.15, 0.2) is 11.5 Å². The number of nitro benzene ring substituents is 1. The van der Waals surface area contributed by atoms with E-state index in [1.807, 2.05) is 0 Å². The number of methoxy groups -OCH3 is 1. The molecule has 0 unspecified atom stereocenters. The molecular formula is C25H19FN2O6S. The lowest BCUT2D eigenvalue weighted by Gasteiger charge is -2.12. The van der Waals surface area contributed by atoms with Crippen LogP contribution in [0.5, 0.6) is 11.5 Å². The van der Waals surface area contributed by atoms with E-state index in [4.69, 9.17) is 9.47 Å². The summed E-state index contributed by atoms with van der Waals surface area (Å²) in [5.41, 5.74) is 1.96. The predicted octanol–water partition coefficient (Wildman–Crippen LogP) is 5.56. The van der Waals surface area contributed by atoms with Crippen molar-refractivity contribution in [3.05, 3.63) is 104 Å². The number of imide groups is 1. The van der Waals surface area contributed by atoms with Gasteiger partial charge in [-0.05, 0) is 58.8 Å². The van der Waals surface area contributed by atoms with Gasteiger partial charge in [0.2, 0.25) is 0 Å². The number of benzene rings is 3. The van der Waals surface area contributed by atoms with Crippen LogP contribution >= 0.6 is 11.8 Å². The van der Waals surface area contributed by atoms with Gasteiger partial charge in [-0.25, -0.2) is 4.39 Å². The van der Waals surface area contributed by atoms with Gasteiger partial charge in [-0.1, -0.05) is 30.3 Å². The van der Waals surface area contributed by atoms with Crippen molar-refractivity contribution < 1.29 is 28.4 Å². The maximum atomic E-state index is 13.1. The highest BCUT2D eigenvalue weighted by atomic mass is 32.2. The summed E-state index contributed by atoms with van der Waals surface area (Å²) in [6, 6.07) is 16.8. The standard InChI is InChI=1S/C25H19FN2O6S/c1-33-22-12-18(6-11-21(22)34-15-17-2-7-19(26)8-3-17)13-23-24(29)27(25(30)35-23)14-16-4-9-20(10-5-16)28(31)32/h2-13H,14-15H2,1H3/b23-13-. The minimum absolute atomic E-state index is 0.0134. The molecule has 0 spiro atoms. The van der Waals surface area contributed by atoms with E-state index in [0.29, 0.717) is 22.6 Å². The molecule has 0 N–H and O–H groups in total. The molecule has 0 atom stereocenters. The molecule has 3 aromatic rings. The number of nitro groups is 1. The van der Waals surface area contributed by atoms with Gasteiger partial charge in [0.25, 0.3) is 16.8 Å². The summed E-state index contributed by atoms with van der Waals surface area (Å²) in [6.45, 7) is 0.233. The van der Waals surface area contributed by atoms with Crippen LogP contribution in [0.2, 0.25) is 0 Å². The monoisotopic (exact) mass is 494 g/mol. The number of thioether (sulfide) groups is 1. The van der Waals surface area contributed by atoms with Gasteiger partial charge >= 0.3 is 0 Å². The van der Waals surface area contributed by atoms with Gasteiger partial charge in [-0.15, -0.1) is 0 Å². The molecule has 1 aliphatic rings. The lowest BCUT2D eigenvalue weighted by Crippen LogP contribution is -2.27. The van der Waals surface area contributed by atoms with E-state index >= 15 is 0 Å². The Balaban J connectivity index is 1.46. The highest BCUT2D eigenvalue weighted by molar-refractivity contribution is 8.18. The zero-order valence-electron chi connectivity index (χ0n) is 18.5. The summed E-state index contributed by atoms with van der Waals surface area (Å²) in [7, 11) is 1.49. The Morgan fingerprint density at radius 1 is 1.00 bits per heavy atom. The first-order valence-corrected chi connectivity index (χ1v) is 11.2. The van der Waals surface area contributed by atoms with E-state index in [1.54, 1.807) is 36.4 Å². The molecule has 178 valence electrons. The highest BCUT2D eigenvalue weighted by Crippen LogP contribution is 2.35. The molecule has 1 saturated heterocycles. The maximum absolute atomic E-state index is 13.1. The van der Waals surface area contributed by atoms with Gasteiger partial charge < -0.3 is 9.47 Å². The first-order valence-electron chi connectivity index (χ1n) is 10.4. The summed E-state index contributed by atoms with van der Waals surface area (Å²) in [6.07, 6.45) is 1.59. The Kier molecular flexibility index (Phi) is 7.11. The average molecular weight is 495 g/mol. The van der Waals surface area contributed by atoms with Crippen LogP contribution < -0.4 is 9.47 Å². The lowest BCUT2D eigenvalue weighted by atomic mass is 10.1. The van der Waals surface area contributed by atoms with E-state index < -0.39 is 16.1 Å². The van der Waals surface area contributed by atoms with Crippen molar-refractivity contribution in [2.45, 2.75) is 13.2 Å². The Labute approximate surface area is 204 Å². The summed E-state index contributed by atoms with van der Waals surface area (Å²) in [5.74, 6) is 0.132. The topological polar surface area (TPSA) is 99.0 Å². The molecule has 3 aromatic carbocycles. The molecule has 0 aromatic heterocycles. The normalized spacial score (nSPS) is 14.5. The Morgan fingerprint density at radius 3 is 2.34 bits per heavy atom. The molecule has 0 saturated carbocycles. The van der Waals surface area contributed by atoms with Crippen molar-refractivity contribution in [3.63, 3.8) is 0 Å². The third-order valence-electron chi connectivity index (χ3n) is 5.15. The van der Waals surface area contributed by atoms with Gasteiger partial charge in [0.1, 0.15) is 12.4 Å².